The van der Waals surface area contributed by atoms with E-state index in [0.29, 0.717) is 18.7 Å². The summed E-state index contributed by atoms with van der Waals surface area (Å²) in [6.45, 7) is 5.36. The van der Waals surface area contributed by atoms with E-state index in [-0.39, 0.29) is 18.5 Å². The number of aromatic hydroxyl groups is 1. The van der Waals surface area contributed by atoms with Gasteiger partial charge in [0.2, 0.25) is 5.91 Å². The molecule has 28 heavy (non-hydrogen) atoms. The van der Waals surface area contributed by atoms with Crippen LogP contribution >= 0.6 is 0 Å². The first kappa shape index (κ1) is 23.1. The van der Waals surface area contributed by atoms with Gasteiger partial charge in [0, 0.05) is 6.54 Å². The Morgan fingerprint density at radius 3 is 2.57 bits per heavy atom. The maximum Gasteiger partial charge on any atom is 0.408 e. The van der Waals surface area contributed by atoms with Crippen LogP contribution in [0.2, 0.25) is 0 Å². The quantitative estimate of drug-likeness (QED) is 0.522. The standard InChI is InChI=1S/C20H28N2O6/c1-6-11-27-14(4)18(22-20(25)28-13(2)3)19(24)21-10-9-15-7-8-17(26-5)16(23)12-15/h1,7-8,12-14,18,23H,9-11H2,2-5H3,(H,21,24)(H,22,25)/t14-,18+/m1/s1. The first-order valence-corrected chi connectivity index (χ1v) is 8.94. The van der Waals surface area contributed by atoms with E-state index in [9.17, 15) is 14.7 Å². The highest BCUT2D eigenvalue weighted by atomic mass is 16.6. The highest BCUT2D eigenvalue weighted by molar-refractivity contribution is 5.86. The second-order valence-electron chi connectivity index (χ2n) is 6.34. The summed E-state index contributed by atoms with van der Waals surface area (Å²) in [7, 11) is 1.47. The van der Waals surface area contributed by atoms with Gasteiger partial charge in [0.25, 0.3) is 0 Å². The third-order valence-electron chi connectivity index (χ3n) is 3.75. The lowest BCUT2D eigenvalue weighted by atomic mass is 10.1. The summed E-state index contributed by atoms with van der Waals surface area (Å²) in [5, 5.41) is 15.1. The fourth-order valence-corrected chi connectivity index (χ4v) is 2.38. The van der Waals surface area contributed by atoms with Crippen molar-refractivity contribution < 1.29 is 28.9 Å². The summed E-state index contributed by atoms with van der Waals surface area (Å²) >= 11 is 0. The first-order valence-electron chi connectivity index (χ1n) is 8.94. The molecule has 154 valence electrons. The third kappa shape index (κ3) is 7.76. The Balaban J connectivity index is 2.67. The minimum atomic E-state index is -0.969. The second kappa shape index (κ2) is 11.7. The zero-order valence-electron chi connectivity index (χ0n) is 16.7. The van der Waals surface area contributed by atoms with E-state index in [2.05, 4.69) is 16.6 Å². The molecule has 3 N–H and O–H groups in total. The molecule has 0 unspecified atom stereocenters. The number of ether oxygens (including phenoxy) is 3. The van der Waals surface area contributed by atoms with E-state index in [1.165, 1.54) is 7.11 Å². The highest BCUT2D eigenvalue weighted by Gasteiger charge is 2.28. The molecule has 1 aromatic carbocycles. The van der Waals surface area contributed by atoms with Crippen molar-refractivity contribution >= 4 is 12.0 Å². The van der Waals surface area contributed by atoms with Gasteiger partial charge in [0.1, 0.15) is 12.6 Å². The number of amides is 2. The van der Waals surface area contributed by atoms with Crippen LogP contribution in [0.1, 0.15) is 26.3 Å². The van der Waals surface area contributed by atoms with Crippen molar-refractivity contribution in [2.24, 2.45) is 0 Å². The molecule has 0 bridgehead atoms. The number of phenols is 1. The largest absolute Gasteiger partial charge is 0.504 e. The SMILES string of the molecule is C#CCO[C@H](C)[C@H](NC(=O)OC(C)C)C(=O)NCCc1ccc(OC)c(O)c1. The number of terminal acetylenes is 1. The normalized spacial score (nSPS) is 12.6. The molecule has 0 heterocycles. The third-order valence-corrected chi connectivity index (χ3v) is 3.75. The van der Waals surface area contributed by atoms with E-state index >= 15 is 0 Å². The van der Waals surface area contributed by atoms with Gasteiger partial charge < -0.3 is 30.0 Å². The molecule has 0 aliphatic heterocycles. The van der Waals surface area contributed by atoms with Gasteiger partial charge in [0.05, 0.1) is 19.3 Å². The zero-order valence-corrected chi connectivity index (χ0v) is 16.7. The highest BCUT2D eigenvalue weighted by Crippen LogP contribution is 2.26. The van der Waals surface area contributed by atoms with Crippen LogP contribution in [0.4, 0.5) is 4.79 Å². The number of alkyl carbamates (subject to hydrolysis) is 1. The summed E-state index contributed by atoms with van der Waals surface area (Å²) in [6, 6.07) is 4.04. The Labute approximate surface area is 165 Å². The summed E-state index contributed by atoms with van der Waals surface area (Å²) in [5.41, 5.74) is 0.818. The number of hydrogen-bond acceptors (Lipinski definition) is 6. The minimum absolute atomic E-state index is 0.0109. The van der Waals surface area contributed by atoms with Gasteiger partial charge in [-0.05, 0) is 44.9 Å². The van der Waals surface area contributed by atoms with Crippen molar-refractivity contribution in [3.05, 3.63) is 23.8 Å². The van der Waals surface area contributed by atoms with Crippen molar-refractivity contribution in [2.75, 3.05) is 20.3 Å². The van der Waals surface area contributed by atoms with Crippen LogP contribution in [0, 0.1) is 12.3 Å². The molecular formula is C20H28N2O6. The Kier molecular flexibility index (Phi) is 9.68. The lowest BCUT2D eigenvalue weighted by molar-refractivity contribution is -0.126. The maximum absolute atomic E-state index is 12.5. The van der Waals surface area contributed by atoms with Gasteiger partial charge in [-0.25, -0.2) is 4.79 Å². The Morgan fingerprint density at radius 2 is 2.00 bits per heavy atom. The second-order valence-corrected chi connectivity index (χ2v) is 6.34. The number of benzene rings is 1. The van der Waals surface area contributed by atoms with Crippen LogP contribution in [0.25, 0.3) is 0 Å². The average molecular weight is 392 g/mol. The van der Waals surface area contributed by atoms with Gasteiger partial charge in [-0.15, -0.1) is 6.42 Å². The predicted octanol–water partition coefficient (Wildman–Crippen LogP) is 1.60. The van der Waals surface area contributed by atoms with Gasteiger partial charge in [-0.1, -0.05) is 12.0 Å². The Bertz CT molecular complexity index is 698. The minimum Gasteiger partial charge on any atom is -0.504 e. The lowest BCUT2D eigenvalue weighted by Gasteiger charge is -2.24. The maximum atomic E-state index is 12.5. The van der Waals surface area contributed by atoms with E-state index < -0.39 is 24.1 Å². The molecule has 1 rings (SSSR count). The summed E-state index contributed by atoms with van der Waals surface area (Å²) in [6.07, 6.45) is 3.97. The number of methoxy groups -OCH3 is 1. The molecule has 0 aliphatic carbocycles. The Hall–Kier alpha value is -2.92. The molecule has 0 fully saturated rings. The molecule has 8 heteroatoms. The summed E-state index contributed by atoms with van der Waals surface area (Å²) < 4.78 is 15.4. The molecule has 2 atom stereocenters. The smallest absolute Gasteiger partial charge is 0.408 e. The molecule has 2 amide bonds. The molecule has 0 saturated carbocycles. The molecule has 1 aromatic rings. The topological polar surface area (TPSA) is 106 Å². The van der Waals surface area contributed by atoms with Crippen molar-refractivity contribution in [1.82, 2.24) is 10.6 Å². The Morgan fingerprint density at radius 1 is 1.29 bits per heavy atom. The number of carbonyl (C=O) groups is 2. The van der Waals surface area contributed by atoms with Crippen LogP contribution in [0.5, 0.6) is 11.5 Å². The zero-order chi connectivity index (χ0) is 21.1. The van der Waals surface area contributed by atoms with E-state index in [4.69, 9.17) is 20.6 Å². The molecule has 0 saturated heterocycles. The molecule has 0 aliphatic rings. The number of hydrogen-bond donors (Lipinski definition) is 3. The van der Waals surface area contributed by atoms with Crippen molar-refractivity contribution in [3.63, 3.8) is 0 Å². The van der Waals surface area contributed by atoms with Crippen LogP contribution < -0.4 is 15.4 Å². The van der Waals surface area contributed by atoms with Crippen LogP contribution in [0.15, 0.2) is 18.2 Å². The molecular weight excluding hydrogens is 364 g/mol. The molecule has 8 nitrogen and oxygen atoms in total. The number of carbonyl (C=O) groups excluding carboxylic acids is 2. The monoisotopic (exact) mass is 392 g/mol. The van der Waals surface area contributed by atoms with Crippen LogP contribution in [0.3, 0.4) is 0 Å². The summed E-state index contributed by atoms with van der Waals surface area (Å²) in [4.78, 5) is 24.4. The molecule has 0 aromatic heterocycles. The van der Waals surface area contributed by atoms with Crippen molar-refractivity contribution in [3.8, 4) is 23.8 Å². The predicted molar refractivity (Wildman–Crippen MR) is 104 cm³/mol. The fraction of sp³-hybridized carbons (Fsp3) is 0.500. The number of phenolic OH excluding ortho intramolecular Hbond substituents is 1. The number of rotatable bonds is 10. The van der Waals surface area contributed by atoms with E-state index in [0.717, 1.165) is 5.56 Å². The van der Waals surface area contributed by atoms with Crippen LogP contribution in [-0.2, 0) is 20.7 Å². The van der Waals surface area contributed by atoms with E-state index in [1.807, 2.05) is 0 Å². The van der Waals surface area contributed by atoms with Gasteiger partial charge >= 0.3 is 6.09 Å². The van der Waals surface area contributed by atoms with Gasteiger partial charge in [0.15, 0.2) is 11.5 Å². The van der Waals surface area contributed by atoms with Gasteiger partial charge in [-0.2, -0.15) is 0 Å². The fourth-order valence-electron chi connectivity index (χ4n) is 2.38. The van der Waals surface area contributed by atoms with Crippen molar-refractivity contribution in [1.29, 1.82) is 0 Å². The summed E-state index contributed by atoms with van der Waals surface area (Å²) in [5.74, 6) is 2.30. The first-order chi connectivity index (χ1) is 13.3. The lowest BCUT2D eigenvalue weighted by Crippen LogP contribution is -2.53. The van der Waals surface area contributed by atoms with Crippen molar-refractivity contribution in [2.45, 2.75) is 45.4 Å². The number of nitrogens with one attached hydrogen (secondary N) is 2. The molecule has 0 spiro atoms. The molecule has 0 radical (unpaired) electrons. The average Bonchev–Trinajstić information content (AvgIpc) is 2.63. The van der Waals surface area contributed by atoms with E-state index in [1.54, 1.807) is 39.0 Å². The van der Waals surface area contributed by atoms with Crippen LogP contribution in [-0.4, -0.2) is 55.6 Å². The van der Waals surface area contributed by atoms with Gasteiger partial charge in [-0.3, -0.25) is 4.79 Å².